The summed E-state index contributed by atoms with van der Waals surface area (Å²) in [6, 6.07) is 7.64. The van der Waals surface area contributed by atoms with Gasteiger partial charge < -0.3 is 0 Å². The number of alkyl halides is 3. The number of nitrogens with zero attached hydrogens (tertiary/aromatic N) is 1. The fourth-order valence-corrected chi connectivity index (χ4v) is 4.36. The lowest BCUT2D eigenvalue weighted by molar-refractivity contribution is -0.136. The molecule has 0 N–H and O–H groups in total. The predicted octanol–water partition coefficient (Wildman–Crippen LogP) is 4.80. The fourth-order valence-electron chi connectivity index (χ4n) is 2.29. The van der Waals surface area contributed by atoms with E-state index in [1.807, 2.05) is 20.8 Å². The van der Waals surface area contributed by atoms with Crippen molar-refractivity contribution in [3.05, 3.63) is 52.2 Å². The largest absolute Gasteiger partial charge is 0.402 e. The Bertz CT molecular complexity index is 790. The molecule has 1 heterocycles. The molecule has 2 rings (SSSR count). The van der Waals surface area contributed by atoms with Crippen molar-refractivity contribution in [3.63, 3.8) is 0 Å². The maximum absolute atomic E-state index is 12.9. The summed E-state index contributed by atoms with van der Waals surface area (Å²) in [5.41, 5.74) is 1.26. The first-order valence-corrected chi connectivity index (χ1v) is 9.96. The van der Waals surface area contributed by atoms with E-state index in [1.165, 1.54) is 23.5 Å². The van der Waals surface area contributed by atoms with Gasteiger partial charge in [0.15, 0.2) is 0 Å². The zero-order chi connectivity index (χ0) is 18.9. The molecular formula is C17H20F3NO2S2. The molecule has 0 saturated heterocycles. The molecule has 0 saturated carbocycles. The number of thiophene rings is 1. The van der Waals surface area contributed by atoms with Gasteiger partial charge in [-0.1, -0.05) is 32.9 Å². The molecule has 3 nitrogen and oxygen atoms in total. The molecule has 0 radical (unpaired) electrons. The van der Waals surface area contributed by atoms with Crippen molar-refractivity contribution in [2.45, 2.75) is 43.8 Å². The minimum Gasteiger partial charge on any atom is -0.207 e. The average Bonchev–Trinajstić information content (AvgIpc) is 2.97. The van der Waals surface area contributed by atoms with Crippen LogP contribution >= 0.6 is 11.3 Å². The number of halogens is 3. The van der Waals surface area contributed by atoms with Crippen molar-refractivity contribution >= 4 is 21.4 Å². The molecule has 0 amide bonds. The van der Waals surface area contributed by atoms with Gasteiger partial charge in [0.05, 0.1) is 4.90 Å². The zero-order valence-corrected chi connectivity index (χ0v) is 15.8. The molecule has 25 heavy (non-hydrogen) atoms. The molecule has 0 bridgehead atoms. The van der Waals surface area contributed by atoms with Crippen LogP contribution in [0.5, 0.6) is 0 Å². The Labute approximate surface area is 150 Å². The summed E-state index contributed by atoms with van der Waals surface area (Å²) in [4.78, 5) is -0.139. The van der Waals surface area contributed by atoms with Gasteiger partial charge in [-0.05, 0) is 45.5 Å². The van der Waals surface area contributed by atoms with Crippen molar-refractivity contribution in [3.8, 4) is 0 Å². The van der Waals surface area contributed by atoms with Gasteiger partial charge >= 0.3 is 6.18 Å². The van der Waals surface area contributed by atoms with Gasteiger partial charge in [-0.3, -0.25) is 0 Å². The van der Waals surface area contributed by atoms with Crippen molar-refractivity contribution in [1.82, 2.24) is 4.31 Å². The van der Waals surface area contributed by atoms with Crippen LogP contribution in [0.4, 0.5) is 13.2 Å². The summed E-state index contributed by atoms with van der Waals surface area (Å²) in [6.45, 7) is 4.09. The molecule has 138 valence electrons. The highest BCUT2D eigenvalue weighted by atomic mass is 32.2. The molecule has 2 aromatic rings. The van der Waals surface area contributed by atoms with Crippen LogP contribution in [0.1, 0.15) is 31.9 Å². The normalized spacial score (nSPS) is 13.4. The molecule has 0 fully saturated rings. The second-order valence-corrected chi connectivity index (χ2v) is 9.51. The monoisotopic (exact) mass is 391 g/mol. The summed E-state index contributed by atoms with van der Waals surface area (Å²) in [7, 11) is -4.25. The quantitative estimate of drug-likeness (QED) is 0.734. The predicted molar refractivity (Wildman–Crippen MR) is 93.1 cm³/mol. The smallest absolute Gasteiger partial charge is 0.207 e. The Balaban J connectivity index is 2.36. The van der Waals surface area contributed by atoms with E-state index in [4.69, 9.17) is 0 Å². The van der Waals surface area contributed by atoms with Crippen LogP contribution < -0.4 is 0 Å². The molecule has 0 unspecified atom stereocenters. The van der Waals surface area contributed by atoms with E-state index in [9.17, 15) is 21.6 Å². The molecule has 0 atom stereocenters. The van der Waals surface area contributed by atoms with E-state index < -0.39 is 22.7 Å². The van der Waals surface area contributed by atoms with Gasteiger partial charge in [0.2, 0.25) is 10.0 Å². The Morgan fingerprint density at radius 1 is 1.04 bits per heavy atom. The van der Waals surface area contributed by atoms with E-state index in [-0.39, 0.29) is 16.9 Å². The molecular weight excluding hydrogens is 371 g/mol. The maximum atomic E-state index is 12.9. The highest BCUT2D eigenvalue weighted by molar-refractivity contribution is 7.89. The minimum absolute atomic E-state index is 0.139. The van der Waals surface area contributed by atoms with Crippen LogP contribution in [0.15, 0.2) is 46.0 Å². The van der Waals surface area contributed by atoms with E-state index in [2.05, 4.69) is 0 Å². The topological polar surface area (TPSA) is 37.4 Å². The van der Waals surface area contributed by atoms with E-state index in [1.54, 1.807) is 29.0 Å². The molecule has 0 aliphatic carbocycles. The van der Waals surface area contributed by atoms with Crippen LogP contribution in [0.2, 0.25) is 0 Å². The van der Waals surface area contributed by atoms with Crippen molar-refractivity contribution < 1.29 is 21.6 Å². The minimum atomic E-state index is -4.62. The number of hydrogen-bond acceptors (Lipinski definition) is 3. The molecule has 8 heteroatoms. The fraction of sp³-hybridized carbons (Fsp3) is 0.412. The van der Waals surface area contributed by atoms with Crippen LogP contribution in [-0.2, 0) is 22.0 Å². The first kappa shape index (κ1) is 19.9. The van der Waals surface area contributed by atoms with Gasteiger partial charge in [0, 0.05) is 6.54 Å². The standard InChI is InChI=1S/C17H20F3NO2S2/c1-16(2,3)14-4-6-15(7-5-14)25(22,23)21(12-17(18,19)20)10-13-8-9-24-11-13/h4-9,11H,10,12H2,1-3H3. The summed E-state index contributed by atoms with van der Waals surface area (Å²) < 4.78 is 64.6. The molecule has 0 aliphatic heterocycles. The second kappa shape index (κ2) is 7.09. The van der Waals surface area contributed by atoms with Crippen LogP contribution in [0.3, 0.4) is 0 Å². The van der Waals surface area contributed by atoms with E-state index >= 15 is 0 Å². The Morgan fingerprint density at radius 2 is 1.64 bits per heavy atom. The van der Waals surface area contributed by atoms with Crippen molar-refractivity contribution in [2.75, 3.05) is 6.54 Å². The number of sulfonamides is 1. The van der Waals surface area contributed by atoms with Gasteiger partial charge in [-0.15, -0.1) is 0 Å². The number of rotatable bonds is 5. The molecule has 0 spiro atoms. The van der Waals surface area contributed by atoms with Gasteiger partial charge in [-0.25, -0.2) is 8.42 Å². The van der Waals surface area contributed by atoms with Crippen molar-refractivity contribution in [1.29, 1.82) is 0 Å². The highest BCUT2D eigenvalue weighted by Gasteiger charge is 2.37. The van der Waals surface area contributed by atoms with E-state index in [0.29, 0.717) is 9.87 Å². The van der Waals surface area contributed by atoms with Crippen LogP contribution in [0, 0.1) is 0 Å². The molecule has 1 aromatic carbocycles. The van der Waals surface area contributed by atoms with Gasteiger partial charge in [-0.2, -0.15) is 28.8 Å². The lowest BCUT2D eigenvalue weighted by Crippen LogP contribution is -2.38. The third-order valence-electron chi connectivity index (χ3n) is 3.65. The zero-order valence-electron chi connectivity index (χ0n) is 14.2. The van der Waals surface area contributed by atoms with Crippen molar-refractivity contribution in [2.24, 2.45) is 0 Å². The van der Waals surface area contributed by atoms with Gasteiger partial charge in [0.1, 0.15) is 6.54 Å². The Morgan fingerprint density at radius 3 is 2.08 bits per heavy atom. The Hall–Kier alpha value is -1.38. The molecule has 0 aliphatic rings. The SMILES string of the molecule is CC(C)(C)c1ccc(S(=O)(=O)N(Cc2ccsc2)CC(F)(F)F)cc1. The van der Waals surface area contributed by atoms with E-state index in [0.717, 1.165) is 5.56 Å². The third kappa shape index (κ3) is 5.29. The number of benzene rings is 1. The second-order valence-electron chi connectivity index (χ2n) is 6.79. The number of hydrogen-bond donors (Lipinski definition) is 0. The third-order valence-corrected chi connectivity index (χ3v) is 6.19. The summed E-state index contributed by atoms with van der Waals surface area (Å²) in [6.07, 6.45) is -4.62. The lowest BCUT2D eigenvalue weighted by Gasteiger charge is -2.24. The summed E-state index contributed by atoms with van der Waals surface area (Å²) >= 11 is 1.31. The van der Waals surface area contributed by atoms with Crippen LogP contribution in [-0.4, -0.2) is 25.4 Å². The molecule has 1 aromatic heterocycles. The first-order chi connectivity index (χ1) is 11.4. The summed E-state index contributed by atoms with van der Waals surface area (Å²) in [5, 5.41) is 3.34. The Kier molecular flexibility index (Phi) is 5.65. The average molecular weight is 391 g/mol. The lowest BCUT2D eigenvalue weighted by atomic mass is 9.87. The summed E-state index contributed by atoms with van der Waals surface area (Å²) in [5.74, 6) is 0. The first-order valence-electron chi connectivity index (χ1n) is 7.58. The highest BCUT2D eigenvalue weighted by Crippen LogP contribution is 2.27. The van der Waals surface area contributed by atoms with Gasteiger partial charge in [0.25, 0.3) is 0 Å². The van der Waals surface area contributed by atoms with Crippen LogP contribution in [0.25, 0.3) is 0 Å². The maximum Gasteiger partial charge on any atom is 0.402 e.